The summed E-state index contributed by atoms with van der Waals surface area (Å²) in [7, 11) is 0. The number of benzene rings is 1. The molecule has 0 bridgehead atoms. The molecule has 1 aromatic heterocycles. The van der Waals surface area contributed by atoms with Gasteiger partial charge in [-0.05, 0) is 50.1 Å². The Kier molecular flexibility index (Phi) is 5.94. The maximum atomic E-state index is 12.5. The lowest BCUT2D eigenvalue weighted by molar-refractivity contribution is 0.102. The Labute approximate surface area is 152 Å². The zero-order valence-electron chi connectivity index (χ0n) is 14.3. The van der Waals surface area contributed by atoms with E-state index < -0.39 is 0 Å². The molecule has 134 valence electrons. The van der Waals surface area contributed by atoms with E-state index in [2.05, 4.69) is 15.7 Å². The summed E-state index contributed by atoms with van der Waals surface area (Å²) in [5.41, 5.74) is 0.937. The highest BCUT2D eigenvalue weighted by Gasteiger charge is 2.18. The summed E-state index contributed by atoms with van der Waals surface area (Å²) in [4.78, 5) is 12.5. The summed E-state index contributed by atoms with van der Waals surface area (Å²) < 4.78 is 7.54. The molecule has 1 atom stereocenters. The number of rotatable bonds is 6. The first-order valence-corrected chi connectivity index (χ1v) is 9.04. The van der Waals surface area contributed by atoms with E-state index in [9.17, 15) is 4.79 Å². The summed E-state index contributed by atoms with van der Waals surface area (Å²) >= 11 is 6.05. The fourth-order valence-electron chi connectivity index (χ4n) is 2.85. The zero-order chi connectivity index (χ0) is 17.6. The summed E-state index contributed by atoms with van der Waals surface area (Å²) in [5.74, 6) is 0.335. The van der Waals surface area contributed by atoms with Crippen molar-refractivity contribution in [3.63, 3.8) is 0 Å². The molecular weight excluding hydrogens is 340 g/mol. The van der Waals surface area contributed by atoms with Gasteiger partial charge in [0.15, 0.2) is 5.69 Å². The zero-order valence-corrected chi connectivity index (χ0v) is 15.1. The van der Waals surface area contributed by atoms with Crippen LogP contribution in [0.15, 0.2) is 30.5 Å². The van der Waals surface area contributed by atoms with Gasteiger partial charge in [0.25, 0.3) is 5.91 Å². The van der Waals surface area contributed by atoms with Crippen LogP contribution in [0.4, 0.5) is 5.69 Å². The Balaban J connectivity index is 1.72. The standard InChI is InChI=1S/C18H23ClN4O2/c1-2-10-25-17-6-5-13(19)11-16(17)21-18(24)15-7-9-23(22-15)14-4-3-8-20-12-14/h5-7,9,11,14,20H,2-4,8,10,12H2,1H3,(H,21,24). The Morgan fingerprint density at radius 2 is 2.36 bits per heavy atom. The lowest BCUT2D eigenvalue weighted by Gasteiger charge is -2.22. The third kappa shape index (κ3) is 4.52. The molecule has 1 aliphatic heterocycles. The van der Waals surface area contributed by atoms with Gasteiger partial charge >= 0.3 is 0 Å². The number of nitrogens with zero attached hydrogens (tertiary/aromatic N) is 2. The molecule has 2 heterocycles. The van der Waals surface area contributed by atoms with E-state index in [1.165, 1.54) is 0 Å². The van der Waals surface area contributed by atoms with Crippen LogP contribution in [-0.4, -0.2) is 35.4 Å². The maximum Gasteiger partial charge on any atom is 0.276 e. The molecule has 0 radical (unpaired) electrons. The Bertz CT molecular complexity index is 726. The van der Waals surface area contributed by atoms with Crippen LogP contribution in [0.1, 0.15) is 42.7 Å². The molecule has 1 aromatic carbocycles. The van der Waals surface area contributed by atoms with Gasteiger partial charge in [-0.1, -0.05) is 18.5 Å². The number of hydrogen-bond donors (Lipinski definition) is 2. The molecule has 1 fully saturated rings. The van der Waals surface area contributed by atoms with Crippen LogP contribution >= 0.6 is 11.6 Å². The smallest absolute Gasteiger partial charge is 0.276 e. The van der Waals surface area contributed by atoms with Crippen LogP contribution in [0.25, 0.3) is 0 Å². The second-order valence-electron chi connectivity index (χ2n) is 6.12. The number of halogens is 1. The van der Waals surface area contributed by atoms with E-state index in [4.69, 9.17) is 16.3 Å². The van der Waals surface area contributed by atoms with Crippen molar-refractivity contribution in [2.75, 3.05) is 25.0 Å². The predicted molar refractivity (Wildman–Crippen MR) is 98.6 cm³/mol. The molecule has 1 amide bonds. The first kappa shape index (κ1) is 17.8. The maximum absolute atomic E-state index is 12.5. The number of piperidine rings is 1. The molecule has 2 aromatic rings. The SMILES string of the molecule is CCCOc1ccc(Cl)cc1NC(=O)c1ccn(C2CCCNC2)n1. The third-order valence-corrected chi connectivity index (χ3v) is 4.37. The number of nitrogens with one attached hydrogen (secondary N) is 2. The molecule has 1 saturated heterocycles. The van der Waals surface area contributed by atoms with Crippen LogP contribution in [0.3, 0.4) is 0 Å². The van der Waals surface area contributed by atoms with Crippen LogP contribution in [0, 0.1) is 0 Å². The highest BCUT2D eigenvalue weighted by molar-refractivity contribution is 6.31. The predicted octanol–water partition coefficient (Wildman–Crippen LogP) is 3.50. The van der Waals surface area contributed by atoms with E-state index >= 15 is 0 Å². The molecule has 0 spiro atoms. The molecular formula is C18H23ClN4O2. The van der Waals surface area contributed by atoms with Crippen molar-refractivity contribution in [1.29, 1.82) is 0 Å². The minimum Gasteiger partial charge on any atom is -0.491 e. The van der Waals surface area contributed by atoms with Gasteiger partial charge in [0, 0.05) is 17.8 Å². The second-order valence-corrected chi connectivity index (χ2v) is 6.56. The van der Waals surface area contributed by atoms with Crippen molar-refractivity contribution >= 4 is 23.2 Å². The molecule has 2 N–H and O–H groups in total. The van der Waals surface area contributed by atoms with E-state index in [0.717, 1.165) is 32.4 Å². The number of hydrogen-bond acceptors (Lipinski definition) is 4. The fraction of sp³-hybridized carbons (Fsp3) is 0.444. The number of carbonyl (C=O) groups excluding carboxylic acids is 1. The number of ether oxygens (including phenoxy) is 1. The van der Waals surface area contributed by atoms with Crippen molar-refractivity contribution in [1.82, 2.24) is 15.1 Å². The van der Waals surface area contributed by atoms with Crippen molar-refractivity contribution in [2.24, 2.45) is 0 Å². The van der Waals surface area contributed by atoms with Crippen LogP contribution in [-0.2, 0) is 0 Å². The highest BCUT2D eigenvalue weighted by atomic mass is 35.5. The fourth-order valence-corrected chi connectivity index (χ4v) is 3.02. The van der Waals surface area contributed by atoms with Crippen LogP contribution < -0.4 is 15.4 Å². The topological polar surface area (TPSA) is 68.2 Å². The minimum absolute atomic E-state index is 0.272. The van der Waals surface area contributed by atoms with Gasteiger partial charge in [-0.15, -0.1) is 0 Å². The Morgan fingerprint density at radius 3 is 3.12 bits per heavy atom. The Hall–Kier alpha value is -2.05. The summed E-state index contributed by atoms with van der Waals surface area (Å²) in [5, 5.41) is 11.2. The van der Waals surface area contributed by atoms with Crippen LogP contribution in [0.5, 0.6) is 5.75 Å². The number of anilines is 1. The summed E-state index contributed by atoms with van der Waals surface area (Å²) in [6.45, 7) is 4.53. The number of aromatic nitrogens is 2. The summed E-state index contributed by atoms with van der Waals surface area (Å²) in [6, 6.07) is 7.23. The molecule has 0 aliphatic carbocycles. The van der Waals surface area contributed by atoms with Gasteiger partial charge in [0.2, 0.25) is 0 Å². The van der Waals surface area contributed by atoms with Gasteiger partial charge in [0.1, 0.15) is 5.75 Å². The average Bonchev–Trinajstić information content (AvgIpc) is 3.12. The van der Waals surface area contributed by atoms with E-state index in [-0.39, 0.29) is 5.91 Å². The monoisotopic (exact) mass is 362 g/mol. The lowest BCUT2D eigenvalue weighted by Crippen LogP contribution is -2.32. The average molecular weight is 363 g/mol. The van der Waals surface area contributed by atoms with Gasteiger partial charge in [-0.3, -0.25) is 9.48 Å². The van der Waals surface area contributed by atoms with E-state index in [1.54, 1.807) is 24.3 Å². The van der Waals surface area contributed by atoms with Crippen molar-refractivity contribution in [3.05, 3.63) is 41.2 Å². The molecule has 0 saturated carbocycles. The first-order chi connectivity index (χ1) is 12.2. The Morgan fingerprint density at radius 1 is 1.48 bits per heavy atom. The largest absolute Gasteiger partial charge is 0.491 e. The lowest BCUT2D eigenvalue weighted by atomic mass is 10.1. The van der Waals surface area contributed by atoms with Crippen molar-refractivity contribution in [2.45, 2.75) is 32.2 Å². The van der Waals surface area contributed by atoms with E-state index in [0.29, 0.717) is 34.8 Å². The minimum atomic E-state index is -0.272. The summed E-state index contributed by atoms with van der Waals surface area (Å²) in [6.07, 6.45) is 4.93. The molecule has 6 nitrogen and oxygen atoms in total. The number of amides is 1. The van der Waals surface area contributed by atoms with E-state index in [1.807, 2.05) is 17.8 Å². The van der Waals surface area contributed by atoms with Crippen molar-refractivity contribution < 1.29 is 9.53 Å². The highest BCUT2D eigenvalue weighted by Crippen LogP contribution is 2.28. The molecule has 7 heteroatoms. The second kappa shape index (κ2) is 8.36. The molecule has 1 aliphatic rings. The quantitative estimate of drug-likeness (QED) is 0.825. The molecule has 3 rings (SSSR count). The molecule has 25 heavy (non-hydrogen) atoms. The number of carbonyl (C=O) groups is 1. The van der Waals surface area contributed by atoms with Crippen molar-refractivity contribution in [3.8, 4) is 5.75 Å². The van der Waals surface area contributed by atoms with Gasteiger partial charge in [-0.2, -0.15) is 5.10 Å². The third-order valence-electron chi connectivity index (χ3n) is 4.14. The van der Waals surface area contributed by atoms with Gasteiger partial charge in [-0.25, -0.2) is 0 Å². The van der Waals surface area contributed by atoms with Gasteiger partial charge < -0.3 is 15.4 Å². The normalized spacial score (nSPS) is 17.3. The van der Waals surface area contributed by atoms with Crippen LogP contribution in [0.2, 0.25) is 5.02 Å². The molecule has 1 unspecified atom stereocenters. The first-order valence-electron chi connectivity index (χ1n) is 8.67. The van der Waals surface area contributed by atoms with Gasteiger partial charge in [0.05, 0.1) is 18.3 Å².